The number of nitrogens with two attached hydrogens (primary N) is 1. The van der Waals surface area contributed by atoms with Crippen LogP contribution in [0.15, 0.2) is 48.0 Å². The van der Waals surface area contributed by atoms with Crippen molar-refractivity contribution in [2.75, 3.05) is 25.3 Å². The summed E-state index contributed by atoms with van der Waals surface area (Å²) in [5.41, 5.74) is 6.35. The number of carbonyl (C=O) groups excluding carboxylic acids is 1. The fourth-order valence-electron chi connectivity index (χ4n) is 2.69. The molecule has 1 aromatic carbocycles. The highest BCUT2D eigenvalue weighted by Crippen LogP contribution is 2.39. The van der Waals surface area contributed by atoms with E-state index in [1.54, 1.807) is 16.7 Å². The zero-order valence-electron chi connectivity index (χ0n) is 17.2. The van der Waals surface area contributed by atoms with Crippen molar-refractivity contribution in [3.63, 3.8) is 0 Å². The molecule has 3 N–H and O–H groups in total. The van der Waals surface area contributed by atoms with Gasteiger partial charge in [0.2, 0.25) is 5.95 Å². The highest BCUT2D eigenvalue weighted by Gasteiger charge is 2.15. The summed E-state index contributed by atoms with van der Waals surface area (Å²) in [6.07, 6.45) is 3.26. The average molecular weight is 463 g/mol. The summed E-state index contributed by atoms with van der Waals surface area (Å²) >= 11 is 0. The van der Waals surface area contributed by atoms with Gasteiger partial charge in [0.25, 0.3) is 5.56 Å². The van der Waals surface area contributed by atoms with Crippen molar-refractivity contribution in [3.8, 4) is 0 Å². The number of aromatic nitrogens is 4. The van der Waals surface area contributed by atoms with E-state index in [1.807, 2.05) is 0 Å². The molecule has 0 spiro atoms. The number of rotatable bonds is 13. The quantitative estimate of drug-likeness (QED) is 0.224. The van der Waals surface area contributed by atoms with Crippen LogP contribution in [-0.4, -0.2) is 44.9 Å². The van der Waals surface area contributed by atoms with Gasteiger partial charge in [-0.2, -0.15) is 4.98 Å². The van der Waals surface area contributed by atoms with E-state index in [2.05, 4.69) is 21.5 Å². The molecule has 0 amide bonds. The number of nitrogens with one attached hydrogen (secondary N) is 1. The molecule has 3 rings (SSSR count). The molecule has 1 unspecified atom stereocenters. The lowest BCUT2D eigenvalue weighted by molar-refractivity contribution is -0.120. The van der Waals surface area contributed by atoms with Gasteiger partial charge in [0, 0.05) is 13.0 Å². The summed E-state index contributed by atoms with van der Waals surface area (Å²) in [6, 6.07) is 6.02. The molecule has 0 radical (unpaired) electrons. The average Bonchev–Trinajstić information content (AvgIpc) is 3.16. The summed E-state index contributed by atoms with van der Waals surface area (Å²) in [4.78, 5) is 34.1. The topological polar surface area (TPSA) is 134 Å². The second-order valence-corrected chi connectivity index (χ2v) is 8.08. The molecule has 0 saturated heterocycles. The predicted octanol–water partition coefficient (Wildman–Crippen LogP) is 2.51. The summed E-state index contributed by atoms with van der Waals surface area (Å²) in [5, 5.41) is 0. The fourth-order valence-corrected chi connectivity index (χ4v) is 3.77. The van der Waals surface area contributed by atoms with Crippen LogP contribution in [0.25, 0.3) is 11.2 Å². The van der Waals surface area contributed by atoms with Crippen molar-refractivity contribution < 1.29 is 23.0 Å². The number of ketones is 1. The van der Waals surface area contributed by atoms with E-state index >= 15 is 0 Å². The molecule has 0 bridgehead atoms. The number of benzene rings is 1. The molecular weight excluding hydrogens is 440 g/mol. The summed E-state index contributed by atoms with van der Waals surface area (Å²) in [5.74, 6) is -0.507. The minimum absolute atomic E-state index is 0.00275. The first kappa shape index (κ1) is 23.7. The van der Waals surface area contributed by atoms with Crippen molar-refractivity contribution in [2.24, 2.45) is 0 Å². The van der Waals surface area contributed by atoms with Crippen LogP contribution in [0.1, 0.15) is 12.0 Å². The molecule has 0 aliphatic carbocycles. The summed E-state index contributed by atoms with van der Waals surface area (Å²) in [7, 11) is -1.57. The Morgan fingerprint density at radius 2 is 2.22 bits per heavy atom. The van der Waals surface area contributed by atoms with Crippen LogP contribution in [0.2, 0.25) is 0 Å². The lowest BCUT2D eigenvalue weighted by Gasteiger charge is -2.17. The van der Waals surface area contributed by atoms with Gasteiger partial charge >= 0.3 is 0 Å². The third-order valence-corrected chi connectivity index (χ3v) is 5.40. The van der Waals surface area contributed by atoms with E-state index in [0.717, 1.165) is 0 Å². The Morgan fingerprint density at radius 3 is 3.00 bits per heavy atom. The van der Waals surface area contributed by atoms with Crippen molar-refractivity contribution in [1.29, 1.82) is 0 Å². The number of aromatic amines is 1. The van der Waals surface area contributed by atoms with E-state index in [0.29, 0.717) is 17.8 Å². The van der Waals surface area contributed by atoms with Crippen LogP contribution in [0.5, 0.6) is 0 Å². The largest absolute Gasteiger partial charge is 0.370 e. The van der Waals surface area contributed by atoms with Crippen LogP contribution < -0.4 is 11.3 Å². The number of ether oxygens (including phenoxy) is 1. The van der Waals surface area contributed by atoms with E-state index in [9.17, 15) is 14.0 Å². The first-order valence-corrected chi connectivity index (χ1v) is 11.0. The lowest BCUT2D eigenvalue weighted by Crippen LogP contribution is -2.13. The molecule has 32 heavy (non-hydrogen) atoms. The van der Waals surface area contributed by atoms with Gasteiger partial charge in [-0.15, -0.1) is 6.58 Å². The van der Waals surface area contributed by atoms with Gasteiger partial charge in [0.15, 0.2) is 25.3 Å². The van der Waals surface area contributed by atoms with Gasteiger partial charge in [-0.05, 0) is 17.7 Å². The molecule has 170 valence electrons. The Hall–Kier alpha value is -2.98. The zero-order chi connectivity index (χ0) is 22.9. The highest BCUT2D eigenvalue weighted by molar-refractivity contribution is 7.47. The molecule has 0 aliphatic heterocycles. The number of halogens is 1. The van der Waals surface area contributed by atoms with Crippen LogP contribution in [-0.2, 0) is 31.7 Å². The molecule has 0 saturated carbocycles. The van der Waals surface area contributed by atoms with Crippen LogP contribution in [0.3, 0.4) is 0 Å². The SMILES string of the molecule is C=CCC(=O)COP(COCCn1cnc2c(=O)[nH]c(N)nc21)OCc1cccc(F)c1. The highest BCUT2D eigenvalue weighted by atomic mass is 31.2. The molecule has 12 heteroatoms. The van der Waals surface area contributed by atoms with Crippen LogP contribution >= 0.6 is 8.38 Å². The van der Waals surface area contributed by atoms with Gasteiger partial charge in [0.1, 0.15) is 18.8 Å². The number of nitrogen functional groups attached to an aromatic ring is 1. The number of anilines is 1. The molecule has 2 heterocycles. The Bertz CT molecular complexity index is 1140. The minimum Gasteiger partial charge on any atom is -0.370 e. The summed E-state index contributed by atoms with van der Waals surface area (Å²) in [6.45, 7) is 4.10. The molecular formula is C20H23FN5O5P. The lowest BCUT2D eigenvalue weighted by atomic mass is 10.2. The smallest absolute Gasteiger partial charge is 0.280 e. The van der Waals surface area contributed by atoms with E-state index < -0.39 is 13.9 Å². The number of Topliss-reactive ketones (excluding diaryl/α,β-unsaturated/α-hetero) is 1. The van der Waals surface area contributed by atoms with Gasteiger partial charge < -0.3 is 24.1 Å². The number of hydrogen-bond acceptors (Lipinski definition) is 8. The minimum atomic E-state index is -1.57. The van der Waals surface area contributed by atoms with Gasteiger partial charge in [-0.3, -0.25) is 14.6 Å². The summed E-state index contributed by atoms with van der Waals surface area (Å²) < 4.78 is 32.0. The first-order chi connectivity index (χ1) is 15.5. The second-order valence-electron chi connectivity index (χ2n) is 6.64. The van der Waals surface area contributed by atoms with Crippen molar-refractivity contribution >= 4 is 31.3 Å². The third kappa shape index (κ3) is 6.76. The van der Waals surface area contributed by atoms with Crippen LogP contribution in [0, 0.1) is 5.82 Å². The fraction of sp³-hybridized carbons (Fsp3) is 0.300. The maximum Gasteiger partial charge on any atom is 0.280 e. The number of fused-ring (bicyclic) bond motifs is 1. The molecule has 2 aromatic heterocycles. The van der Waals surface area contributed by atoms with Crippen molar-refractivity contribution in [1.82, 2.24) is 19.5 Å². The number of hydrogen-bond donors (Lipinski definition) is 2. The van der Waals surface area contributed by atoms with Gasteiger partial charge in [-0.25, -0.2) is 9.37 Å². The maximum atomic E-state index is 13.4. The number of allylic oxidation sites excluding steroid dienone is 1. The third-order valence-electron chi connectivity index (χ3n) is 4.17. The molecule has 0 fully saturated rings. The van der Waals surface area contributed by atoms with E-state index in [4.69, 9.17) is 19.5 Å². The monoisotopic (exact) mass is 463 g/mol. The van der Waals surface area contributed by atoms with E-state index in [-0.39, 0.29) is 55.7 Å². The maximum absolute atomic E-state index is 13.4. The van der Waals surface area contributed by atoms with Gasteiger partial charge in [0.05, 0.1) is 19.5 Å². The Morgan fingerprint density at radius 1 is 1.38 bits per heavy atom. The van der Waals surface area contributed by atoms with Crippen LogP contribution in [0.4, 0.5) is 10.3 Å². The second kappa shape index (κ2) is 11.6. The van der Waals surface area contributed by atoms with Crippen molar-refractivity contribution in [3.05, 3.63) is 65.0 Å². The number of nitrogens with zero attached hydrogens (tertiary/aromatic N) is 3. The number of imidazole rings is 1. The van der Waals surface area contributed by atoms with E-state index in [1.165, 1.54) is 24.5 Å². The Labute approximate surface area is 184 Å². The molecule has 0 aliphatic rings. The molecule has 1 atom stereocenters. The Balaban J connectivity index is 1.54. The van der Waals surface area contributed by atoms with Crippen molar-refractivity contribution in [2.45, 2.75) is 19.6 Å². The van der Waals surface area contributed by atoms with Gasteiger partial charge in [-0.1, -0.05) is 18.2 Å². The molecule has 10 nitrogen and oxygen atoms in total. The normalized spacial score (nSPS) is 12.2. The standard InChI is InChI=1S/C20H23FN5O5P/c1-2-4-16(27)11-31-32(30-10-14-5-3-6-15(21)9-14)13-29-8-7-26-12-23-17-18(26)24-20(22)25-19(17)28/h2-3,5-6,9,12H,1,4,7-8,10-11,13H2,(H3,22,24,25,28). The number of carbonyl (C=O) groups is 1. The molecule has 3 aromatic rings. The predicted molar refractivity (Wildman–Crippen MR) is 117 cm³/mol. The zero-order valence-corrected chi connectivity index (χ0v) is 18.1. The number of H-pyrrole nitrogens is 1. The first-order valence-electron chi connectivity index (χ1n) is 9.65. The Kier molecular flexibility index (Phi) is 8.57.